The molecule has 8 nitrogen and oxygen atoms in total. The Morgan fingerprint density at radius 1 is 1.17 bits per heavy atom. The molecule has 0 spiro atoms. The molecule has 9 heteroatoms. The molecule has 1 aromatic carbocycles. The van der Waals surface area contributed by atoms with Gasteiger partial charge in [-0.1, -0.05) is 17.7 Å². The Morgan fingerprint density at radius 2 is 2.00 bits per heavy atom. The maximum Gasteiger partial charge on any atom is 0.226 e. The topological polar surface area (TPSA) is 93.2 Å². The number of fused-ring (bicyclic) bond motifs is 1. The lowest BCUT2D eigenvalue weighted by Crippen LogP contribution is -2.37. The Labute approximate surface area is 193 Å². The van der Waals surface area contributed by atoms with Gasteiger partial charge < -0.3 is 19.6 Å². The van der Waals surface area contributed by atoms with E-state index in [9.17, 15) is 0 Å². The van der Waals surface area contributed by atoms with Crippen LogP contribution in [0, 0.1) is 6.92 Å². The second-order valence-electron chi connectivity index (χ2n) is 7.20. The van der Waals surface area contributed by atoms with E-state index in [1.165, 1.54) is 18.4 Å². The molecular formula is C21H28IN7O. The summed E-state index contributed by atoms with van der Waals surface area (Å²) in [5.74, 6) is 3.37. The number of hydrogen-bond donors (Lipinski definition) is 2. The lowest BCUT2D eigenvalue weighted by atomic mass is 10.1. The van der Waals surface area contributed by atoms with E-state index in [4.69, 9.17) is 4.42 Å². The van der Waals surface area contributed by atoms with Crippen molar-refractivity contribution in [2.45, 2.75) is 52.7 Å². The largest absolute Gasteiger partial charge is 0.444 e. The van der Waals surface area contributed by atoms with Crippen molar-refractivity contribution in [3.63, 3.8) is 0 Å². The van der Waals surface area contributed by atoms with Crippen LogP contribution in [0.25, 0.3) is 11.5 Å². The molecule has 0 bridgehead atoms. The summed E-state index contributed by atoms with van der Waals surface area (Å²) in [5.41, 5.74) is 2.96. The van der Waals surface area contributed by atoms with Crippen LogP contribution >= 0.6 is 24.0 Å². The van der Waals surface area contributed by atoms with Gasteiger partial charge in [-0.05, 0) is 38.8 Å². The molecule has 30 heavy (non-hydrogen) atoms. The third-order valence-corrected chi connectivity index (χ3v) is 4.94. The molecular weight excluding hydrogens is 493 g/mol. The number of halogens is 1. The van der Waals surface area contributed by atoms with Crippen LogP contribution in [0.2, 0.25) is 0 Å². The van der Waals surface area contributed by atoms with Crippen LogP contribution in [0.5, 0.6) is 0 Å². The molecule has 0 atom stereocenters. The Balaban J connectivity index is 0.00000256. The maximum absolute atomic E-state index is 5.62. The van der Waals surface area contributed by atoms with E-state index < -0.39 is 0 Å². The van der Waals surface area contributed by atoms with Gasteiger partial charge in [0.2, 0.25) is 5.89 Å². The van der Waals surface area contributed by atoms with Crippen LogP contribution in [-0.4, -0.2) is 32.3 Å². The molecule has 1 aliphatic heterocycles. The second-order valence-corrected chi connectivity index (χ2v) is 7.20. The van der Waals surface area contributed by atoms with Crippen molar-refractivity contribution >= 4 is 29.9 Å². The molecule has 3 heterocycles. The van der Waals surface area contributed by atoms with Crippen LogP contribution in [-0.2, 0) is 26.1 Å². The number of aryl methyl sites for hydroxylation is 2. The molecule has 2 aromatic heterocycles. The first-order valence-electron chi connectivity index (χ1n) is 10.2. The number of guanidine groups is 1. The lowest BCUT2D eigenvalue weighted by molar-refractivity contribution is 0.504. The highest BCUT2D eigenvalue weighted by Crippen LogP contribution is 2.19. The molecule has 4 rings (SSSR count). The summed E-state index contributed by atoms with van der Waals surface area (Å²) in [5, 5.41) is 15.2. The van der Waals surface area contributed by atoms with Gasteiger partial charge in [0.05, 0.1) is 13.1 Å². The molecule has 0 aliphatic carbocycles. The van der Waals surface area contributed by atoms with Crippen molar-refractivity contribution in [3.05, 3.63) is 53.4 Å². The van der Waals surface area contributed by atoms with E-state index in [2.05, 4.69) is 42.3 Å². The van der Waals surface area contributed by atoms with Crippen LogP contribution in [0.1, 0.15) is 42.7 Å². The highest BCUT2D eigenvalue weighted by atomic mass is 127. The molecule has 0 saturated heterocycles. The van der Waals surface area contributed by atoms with Gasteiger partial charge >= 0.3 is 0 Å². The standard InChI is InChI=1S/C21H27N7O.HI/c1-3-22-21(24-13-19-27-26-18-6-4-5-11-28(18)19)23-12-17-14-29-20(25-17)16-9-7-15(2)8-10-16;/h7-10,14H,3-6,11-13H2,1-2H3,(H2,22,23,24);1H. The summed E-state index contributed by atoms with van der Waals surface area (Å²) < 4.78 is 7.83. The zero-order valence-corrected chi connectivity index (χ0v) is 19.7. The van der Waals surface area contributed by atoms with Crippen molar-refractivity contribution < 1.29 is 4.42 Å². The lowest BCUT2D eigenvalue weighted by Gasteiger charge is -2.16. The Hall–Kier alpha value is -2.43. The molecule has 160 valence electrons. The van der Waals surface area contributed by atoms with Crippen molar-refractivity contribution in [2.75, 3.05) is 6.54 Å². The number of rotatable bonds is 6. The monoisotopic (exact) mass is 521 g/mol. The molecule has 3 aromatic rings. The predicted molar refractivity (Wildman–Crippen MR) is 127 cm³/mol. The minimum absolute atomic E-state index is 0. The Morgan fingerprint density at radius 3 is 2.80 bits per heavy atom. The first kappa shape index (κ1) is 22.3. The van der Waals surface area contributed by atoms with Gasteiger partial charge in [0, 0.05) is 25.1 Å². The first-order chi connectivity index (χ1) is 14.2. The molecule has 0 amide bonds. The third-order valence-electron chi connectivity index (χ3n) is 4.94. The van der Waals surface area contributed by atoms with E-state index in [0.717, 1.165) is 48.4 Å². The maximum atomic E-state index is 5.62. The Kier molecular flexibility index (Phi) is 7.83. The summed E-state index contributed by atoms with van der Waals surface area (Å²) in [4.78, 5) is 9.18. The number of hydrogen-bond acceptors (Lipinski definition) is 5. The van der Waals surface area contributed by atoms with Gasteiger partial charge in [0.25, 0.3) is 0 Å². The normalized spacial score (nSPS) is 13.5. The highest BCUT2D eigenvalue weighted by Gasteiger charge is 2.15. The summed E-state index contributed by atoms with van der Waals surface area (Å²) in [6, 6.07) is 8.12. The van der Waals surface area contributed by atoms with Crippen molar-refractivity contribution in [3.8, 4) is 11.5 Å². The fraction of sp³-hybridized carbons (Fsp3) is 0.429. The summed E-state index contributed by atoms with van der Waals surface area (Å²) in [6.07, 6.45) is 5.05. The van der Waals surface area contributed by atoms with E-state index in [-0.39, 0.29) is 24.0 Å². The van der Waals surface area contributed by atoms with Crippen molar-refractivity contribution in [2.24, 2.45) is 4.99 Å². The minimum atomic E-state index is 0. The number of benzene rings is 1. The summed E-state index contributed by atoms with van der Waals surface area (Å²) in [7, 11) is 0. The summed E-state index contributed by atoms with van der Waals surface area (Å²) >= 11 is 0. The SMILES string of the molecule is CCNC(=NCc1coc(-c2ccc(C)cc2)n1)NCc1nnc2n1CCCC2.I. The first-order valence-corrected chi connectivity index (χ1v) is 10.2. The predicted octanol–water partition coefficient (Wildman–Crippen LogP) is 3.45. The van der Waals surface area contributed by atoms with E-state index in [1.807, 2.05) is 31.2 Å². The average Bonchev–Trinajstić information content (AvgIpc) is 3.38. The number of aliphatic imine (C=N–C) groups is 1. The minimum Gasteiger partial charge on any atom is -0.444 e. The van der Waals surface area contributed by atoms with Crippen LogP contribution in [0.3, 0.4) is 0 Å². The zero-order chi connectivity index (χ0) is 20.1. The number of nitrogens with one attached hydrogen (secondary N) is 2. The molecule has 0 unspecified atom stereocenters. The van der Waals surface area contributed by atoms with Crippen LogP contribution < -0.4 is 10.6 Å². The van der Waals surface area contributed by atoms with Gasteiger partial charge in [-0.15, -0.1) is 34.2 Å². The van der Waals surface area contributed by atoms with Gasteiger partial charge in [0.1, 0.15) is 17.8 Å². The second kappa shape index (κ2) is 10.6. The van der Waals surface area contributed by atoms with Gasteiger partial charge in [-0.25, -0.2) is 9.98 Å². The van der Waals surface area contributed by atoms with Crippen LogP contribution in [0.4, 0.5) is 0 Å². The van der Waals surface area contributed by atoms with Crippen molar-refractivity contribution in [1.82, 2.24) is 30.4 Å². The smallest absolute Gasteiger partial charge is 0.226 e. The fourth-order valence-electron chi connectivity index (χ4n) is 3.37. The van der Waals surface area contributed by atoms with Crippen molar-refractivity contribution in [1.29, 1.82) is 0 Å². The van der Waals surface area contributed by atoms with E-state index in [0.29, 0.717) is 19.0 Å². The number of aromatic nitrogens is 4. The zero-order valence-electron chi connectivity index (χ0n) is 17.4. The molecule has 1 aliphatic rings. The average molecular weight is 521 g/mol. The third kappa shape index (κ3) is 5.38. The molecule has 0 saturated carbocycles. The highest BCUT2D eigenvalue weighted by molar-refractivity contribution is 14.0. The summed E-state index contributed by atoms with van der Waals surface area (Å²) in [6.45, 7) is 6.89. The van der Waals surface area contributed by atoms with E-state index >= 15 is 0 Å². The molecule has 0 fully saturated rings. The van der Waals surface area contributed by atoms with Gasteiger partial charge in [-0.3, -0.25) is 0 Å². The number of nitrogens with zero attached hydrogens (tertiary/aromatic N) is 5. The van der Waals surface area contributed by atoms with Crippen LogP contribution in [0.15, 0.2) is 39.9 Å². The quantitative estimate of drug-likeness (QED) is 0.293. The number of oxazole rings is 1. The fourth-order valence-corrected chi connectivity index (χ4v) is 3.37. The molecule has 2 N–H and O–H groups in total. The van der Waals surface area contributed by atoms with E-state index in [1.54, 1.807) is 6.26 Å². The van der Waals surface area contributed by atoms with Gasteiger partial charge in [0.15, 0.2) is 11.8 Å². The Bertz CT molecular complexity index is 978. The van der Waals surface area contributed by atoms with Gasteiger partial charge in [-0.2, -0.15) is 0 Å². The molecule has 0 radical (unpaired) electrons.